The van der Waals surface area contributed by atoms with E-state index in [-0.39, 0.29) is 38.1 Å². The molecule has 1 aromatic heterocycles. The van der Waals surface area contributed by atoms with Crippen molar-refractivity contribution in [1.29, 1.82) is 0 Å². The number of likely N-dealkylation sites (N-methyl/N-ethyl adjacent to an activating group) is 1. The van der Waals surface area contributed by atoms with Gasteiger partial charge in [-0.3, -0.25) is 9.59 Å². The average molecular weight is 383 g/mol. The molecular formula is C20H34N2O5. The van der Waals surface area contributed by atoms with Crippen LogP contribution in [0.15, 0.2) is 10.6 Å². The van der Waals surface area contributed by atoms with Crippen LogP contribution in [-0.4, -0.2) is 59.3 Å². The molecule has 1 N–H and O–H groups in total. The Bertz CT molecular complexity index is 645. The quantitative estimate of drug-likeness (QED) is 0.742. The first-order chi connectivity index (χ1) is 12.1. The molecule has 0 spiro atoms. The Labute approximate surface area is 162 Å². The van der Waals surface area contributed by atoms with E-state index in [1.54, 1.807) is 27.0 Å². The first kappa shape index (κ1) is 23.3. The number of hydrogen-bond donors (Lipinski definition) is 1. The molecule has 1 atom stereocenters. The Morgan fingerprint density at radius 1 is 1.33 bits per heavy atom. The zero-order valence-electron chi connectivity index (χ0n) is 16.4. The summed E-state index contributed by atoms with van der Waals surface area (Å²) in [4.78, 5) is 26.8. The van der Waals surface area contributed by atoms with Crippen molar-refractivity contribution in [3.63, 3.8) is 0 Å². The molecule has 0 unspecified atom stereocenters. The zero-order valence-corrected chi connectivity index (χ0v) is 16.4. The number of hydrogen-bond acceptors (Lipinski definition) is 6. The molecule has 1 amide bonds. The molecule has 0 saturated carbocycles. The van der Waals surface area contributed by atoms with E-state index in [0.717, 1.165) is 6.42 Å². The van der Waals surface area contributed by atoms with E-state index in [2.05, 4.69) is 5.16 Å². The van der Waals surface area contributed by atoms with Crippen LogP contribution in [0.1, 0.15) is 59.4 Å². The summed E-state index contributed by atoms with van der Waals surface area (Å²) in [6.07, 6.45) is 1.32. The second-order valence-corrected chi connectivity index (χ2v) is 8.27. The Kier molecular flexibility index (Phi) is 7.75. The van der Waals surface area contributed by atoms with Gasteiger partial charge in [0.25, 0.3) is 0 Å². The number of ketones is 1. The van der Waals surface area contributed by atoms with Gasteiger partial charge < -0.3 is 19.3 Å². The summed E-state index contributed by atoms with van der Waals surface area (Å²) in [6, 6.07) is 1.70. The van der Waals surface area contributed by atoms with Crippen LogP contribution in [0.4, 0.5) is 0 Å². The highest BCUT2D eigenvalue weighted by atomic mass is 16.5. The zero-order chi connectivity index (χ0) is 19.5. The van der Waals surface area contributed by atoms with E-state index < -0.39 is 11.0 Å². The summed E-state index contributed by atoms with van der Waals surface area (Å²) in [5.41, 5.74) is -0.877. The van der Waals surface area contributed by atoms with Crippen molar-refractivity contribution >= 4 is 11.7 Å². The fourth-order valence-corrected chi connectivity index (χ4v) is 2.80. The van der Waals surface area contributed by atoms with Gasteiger partial charge in [0.05, 0.1) is 24.3 Å². The Morgan fingerprint density at radius 3 is 2.56 bits per heavy atom. The SMILES string of the molecule is C.CN(C(=O)C[C@H]1CCOC1)C(C)(C)C(=O)Cc1cc(C(C)(C)CO)no1. The van der Waals surface area contributed by atoms with Crippen molar-refractivity contribution in [3.05, 3.63) is 17.5 Å². The summed E-state index contributed by atoms with van der Waals surface area (Å²) in [7, 11) is 1.66. The van der Waals surface area contributed by atoms with Crippen LogP contribution in [0.25, 0.3) is 0 Å². The number of aromatic nitrogens is 1. The topological polar surface area (TPSA) is 92.9 Å². The minimum atomic E-state index is -0.948. The van der Waals surface area contributed by atoms with Gasteiger partial charge in [-0.1, -0.05) is 26.4 Å². The first-order valence-corrected chi connectivity index (χ1v) is 9.02. The molecule has 1 saturated heterocycles. The van der Waals surface area contributed by atoms with Crippen molar-refractivity contribution < 1.29 is 24.0 Å². The lowest BCUT2D eigenvalue weighted by Gasteiger charge is -2.34. The summed E-state index contributed by atoms with van der Waals surface area (Å²) in [5, 5.41) is 13.4. The van der Waals surface area contributed by atoms with Gasteiger partial charge in [0.15, 0.2) is 5.78 Å². The molecule has 0 aliphatic carbocycles. The molecule has 0 radical (unpaired) electrons. The third-order valence-corrected chi connectivity index (χ3v) is 5.36. The molecule has 1 fully saturated rings. The maximum Gasteiger partial charge on any atom is 0.223 e. The van der Waals surface area contributed by atoms with Crippen molar-refractivity contribution in [2.24, 2.45) is 5.92 Å². The van der Waals surface area contributed by atoms with Crippen LogP contribution in [0.2, 0.25) is 0 Å². The Balaban J connectivity index is 0.00000364. The van der Waals surface area contributed by atoms with Crippen LogP contribution in [0.5, 0.6) is 0 Å². The highest BCUT2D eigenvalue weighted by Crippen LogP contribution is 2.25. The highest BCUT2D eigenvalue weighted by Gasteiger charge is 2.36. The second kappa shape index (κ2) is 8.97. The number of amides is 1. The van der Waals surface area contributed by atoms with Gasteiger partial charge in [0.2, 0.25) is 5.91 Å². The number of carbonyl (C=O) groups excluding carboxylic acids is 2. The summed E-state index contributed by atoms with van der Waals surface area (Å²) >= 11 is 0. The van der Waals surface area contributed by atoms with E-state index in [1.807, 2.05) is 13.8 Å². The lowest BCUT2D eigenvalue weighted by Crippen LogP contribution is -2.51. The maximum atomic E-state index is 12.8. The molecule has 0 bridgehead atoms. The molecule has 7 nitrogen and oxygen atoms in total. The predicted molar refractivity (Wildman–Crippen MR) is 102 cm³/mol. The number of aliphatic hydroxyl groups excluding tert-OH is 1. The van der Waals surface area contributed by atoms with Crippen molar-refractivity contribution in [3.8, 4) is 0 Å². The average Bonchev–Trinajstić information content (AvgIpc) is 3.26. The maximum absolute atomic E-state index is 12.8. The largest absolute Gasteiger partial charge is 0.395 e. The van der Waals surface area contributed by atoms with Crippen LogP contribution in [0.3, 0.4) is 0 Å². The van der Waals surface area contributed by atoms with E-state index >= 15 is 0 Å². The fraction of sp³-hybridized carbons (Fsp3) is 0.750. The number of aliphatic hydroxyl groups is 1. The fourth-order valence-electron chi connectivity index (χ4n) is 2.80. The number of carbonyl (C=O) groups is 2. The van der Waals surface area contributed by atoms with Gasteiger partial charge in [-0.25, -0.2) is 0 Å². The van der Waals surface area contributed by atoms with E-state index in [1.165, 1.54) is 4.90 Å². The Morgan fingerprint density at radius 2 is 2.00 bits per heavy atom. The molecule has 1 aromatic rings. The van der Waals surface area contributed by atoms with Gasteiger partial charge >= 0.3 is 0 Å². The molecule has 2 heterocycles. The summed E-state index contributed by atoms with van der Waals surface area (Å²) in [6.45, 7) is 8.41. The third-order valence-electron chi connectivity index (χ3n) is 5.36. The minimum absolute atomic E-state index is 0. The van der Waals surface area contributed by atoms with Gasteiger partial charge in [-0.15, -0.1) is 0 Å². The van der Waals surface area contributed by atoms with Crippen LogP contribution < -0.4 is 0 Å². The third kappa shape index (κ3) is 5.39. The number of nitrogens with zero attached hydrogens (tertiary/aromatic N) is 2. The smallest absolute Gasteiger partial charge is 0.223 e. The number of Topliss-reactive ketones (excluding diaryl/α,β-unsaturated/α-hetero) is 1. The van der Waals surface area contributed by atoms with E-state index in [9.17, 15) is 14.7 Å². The highest BCUT2D eigenvalue weighted by molar-refractivity contribution is 5.93. The van der Waals surface area contributed by atoms with Crippen LogP contribution >= 0.6 is 0 Å². The van der Waals surface area contributed by atoms with Crippen molar-refractivity contribution in [1.82, 2.24) is 10.1 Å². The molecule has 27 heavy (non-hydrogen) atoms. The molecule has 7 heteroatoms. The Hall–Kier alpha value is -1.73. The molecule has 0 aromatic carbocycles. The first-order valence-electron chi connectivity index (χ1n) is 9.02. The minimum Gasteiger partial charge on any atom is -0.395 e. The molecule has 154 valence electrons. The van der Waals surface area contributed by atoms with Gasteiger partial charge in [-0.05, 0) is 26.2 Å². The van der Waals surface area contributed by atoms with E-state index in [4.69, 9.17) is 9.26 Å². The normalized spacial score (nSPS) is 17.5. The molecule has 2 rings (SSSR count). The molecule has 1 aliphatic rings. The predicted octanol–water partition coefficient (Wildman–Crippen LogP) is 2.36. The van der Waals surface area contributed by atoms with Gasteiger partial charge in [0, 0.05) is 38.2 Å². The van der Waals surface area contributed by atoms with Gasteiger partial charge in [0.1, 0.15) is 5.76 Å². The summed E-state index contributed by atoms with van der Waals surface area (Å²) < 4.78 is 10.6. The lowest BCUT2D eigenvalue weighted by molar-refractivity contribution is -0.143. The monoisotopic (exact) mass is 382 g/mol. The van der Waals surface area contributed by atoms with E-state index in [0.29, 0.717) is 31.1 Å². The van der Waals surface area contributed by atoms with Crippen molar-refractivity contribution in [2.45, 2.75) is 65.3 Å². The number of rotatable bonds is 8. The summed E-state index contributed by atoms with van der Waals surface area (Å²) in [5.74, 6) is 0.483. The molecule has 1 aliphatic heterocycles. The number of ether oxygens (including phenoxy) is 1. The second-order valence-electron chi connectivity index (χ2n) is 8.27. The molecular weight excluding hydrogens is 348 g/mol. The van der Waals surface area contributed by atoms with Gasteiger partial charge in [-0.2, -0.15) is 0 Å². The van der Waals surface area contributed by atoms with Crippen LogP contribution in [0, 0.1) is 5.92 Å². The van der Waals surface area contributed by atoms with Crippen LogP contribution in [-0.2, 0) is 26.2 Å². The lowest BCUT2D eigenvalue weighted by atomic mass is 9.89. The standard InChI is InChI=1S/C19H30N2O5.CH4/c1-18(2,12-22)15-9-14(26-20-15)10-16(23)19(3,4)21(5)17(24)8-13-6-7-25-11-13;/h9,13,22H,6-8,10-12H2,1-5H3;1H4/t13-;/m1./s1. The van der Waals surface area contributed by atoms with Crippen molar-refractivity contribution in [2.75, 3.05) is 26.9 Å².